The van der Waals surface area contributed by atoms with E-state index in [1.165, 1.54) is 24.3 Å². The van der Waals surface area contributed by atoms with Crippen molar-refractivity contribution in [1.29, 1.82) is 0 Å². The first-order valence-corrected chi connectivity index (χ1v) is 8.25. The number of benzene rings is 2. The van der Waals surface area contributed by atoms with Crippen LogP contribution in [0.15, 0.2) is 42.5 Å². The summed E-state index contributed by atoms with van der Waals surface area (Å²) in [6, 6.07) is 10.6. The second kappa shape index (κ2) is 8.57. The smallest absolute Gasteiger partial charge is 0.485 e. The number of hydrogen-bond acceptors (Lipinski definition) is 3. The average molecular weight is 429 g/mol. The lowest BCUT2D eigenvalue weighted by Gasteiger charge is -2.35. The van der Waals surface area contributed by atoms with Crippen LogP contribution in [0.25, 0.3) is 0 Å². The van der Waals surface area contributed by atoms with Gasteiger partial charge >= 0.3 is 6.36 Å². The quantitative estimate of drug-likeness (QED) is 0.667. The molecule has 1 aliphatic rings. The van der Waals surface area contributed by atoms with Crippen LogP contribution in [0.2, 0.25) is 10.0 Å². The largest absolute Gasteiger partial charge is 0.573 e. The van der Waals surface area contributed by atoms with Gasteiger partial charge in [-0.25, -0.2) is 0 Å². The Balaban J connectivity index is 0.00000243. The summed E-state index contributed by atoms with van der Waals surface area (Å²) in [6.07, 6.45) is -5.01. The van der Waals surface area contributed by atoms with Gasteiger partial charge in [-0.05, 0) is 42.0 Å². The van der Waals surface area contributed by atoms with Crippen molar-refractivity contribution in [1.82, 2.24) is 5.32 Å². The molecule has 0 amide bonds. The van der Waals surface area contributed by atoms with E-state index in [9.17, 15) is 13.2 Å². The van der Waals surface area contributed by atoms with Gasteiger partial charge in [-0.1, -0.05) is 29.3 Å². The normalized spacial score (nSPS) is 15.6. The van der Waals surface area contributed by atoms with Gasteiger partial charge < -0.3 is 14.8 Å². The van der Waals surface area contributed by atoms with Gasteiger partial charge in [0.15, 0.2) is 0 Å². The highest BCUT2D eigenvalue weighted by Gasteiger charge is 2.32. The minimum atomic E-state index is -4.72. The molecule has 1 aliphatic heterocycles. The maximum absolute atomic E-state index is 12.2. The molecular weight excluding hydrogens is 414 g/mol. The molecule has 1 N–H and O–H groups in total. The van der Waals surface area contributed by atoms with Crippen LogP contribution in [0, 0.1) is 5.92 Å². The van der Waals surface area contributed by atoms with Gasteiger partial charge in [0.05, 0.1) is 10.0 Å². The van der Waals surface area contributed by atoms with Gasteiger partial charge in [-0.15, -0.1) is 25.6 Å². The molecule has 1 fully saturated rings. The fourth-order valence-corrected chi connectivity index (χ4v) is 2.82. The highest BCUT2D eigenvalue weighted by Crippen LogP contribution is 2.35. The predicted octanol–water partition coefficient (Wildman–Crippen LogP) is 5.65. The van der Waals surface area contributed by atoms with Gasteiger partial charge in [-0.2, -0.15) is 0 Å². The zero-order valence-electron chi connectivity index (χ0n) is 13.2. The molecule has 0 aromatic heterocycles. The van der Waals surface area contributed by atoms with Crippen LogP contribution in [0.1, 0.15) is 11.7 Å². The average Bonchev–Trinajstić information content (AvgIpc) is 2.48. The zero-order valence-corrected chi connectivity index (χ0v) is 15.6. The molecule has 2 aromatic carbocycles. The summed E-state index contributed by atoms with van der Waals surface area (Å²) in [5.74, 6) is 0.372. The van der Waals surface area contributed by atoms with E-state index in [-0.39, 0.29) is 30.2 Å². The van der Waals surface area contributed by atoms with Crippen LogP contribution in [-0.2, 0) is 0 Å². The number of rotatable bonds is 5. The van der Waals surface area contributed by atoms with Crippen LogP contribution in [-0.4, -0.2) is 19.5 Å². The molecule has 0 aliphatic carbocycles. The fourth-order valence-electron chi connectivity index (χ4n) is 2.52. The van der Waals surface area contributed by atoms with Gasteiger partial charge in [0.2, 0.25) is 0 Å². The third kappa shape index (κ3) is 5.33. The highest BCUT2D eigenvalue weighted by molar-refractivity contribution is 6.42. The highest BCUT2D eigenvalue weighted by atomic mass is 35.5. The molecule has 9 heteroatoms. The second-order valence-electron chi connectivity index (χ2n) is 5.65. The molecule has 0 saturated carbocycles. The molecule has 3 nitrogen and oxygen atoms in total. The van der Waals surface area contributed by atoms with E-state index in [1.807, 2.05) is 6.07 Å². The zero-order chi connectivity index (χ0) is 18.0. The van der Waals surface area contributed by atoms with E-state index in [0.29, 0.717) is 15.8 Å². The Morgan fingerprint density at radius 3 is 2.08 bits per heavy atom. The second-order valence-corrected chi connectivity index (χ2v) is 6.46. The number of halogens is 6. The molecule has 2 aromatic rings. The van der Waals surface area contributed by atoms with Gasteiger partial charge in [0.1, 0.15) is 17.6 Å². The summed E-state index contributed by atoms with van der Waals surface area (Å²) in [5.41, 5.74) is 0.858. The molecular formula is C17H15Cl3F3NO2. The van der Waals surface area contributed by atoms with Crippen molar-refractivity contribution in [3.8, 4) is 11.5 Å². The van der Waals surface area contributed by atoms with Gasteiger partial charge in [-0.3, -0.25) is 0 Å². The first-order chi connectivity index (χ1) is 11.8. The van der Waals surface area contributed by atoms with Crippen LogP contribution in [0.5, 0.6) is 11.5 Å². The lowest BCUT2D eigenvalue weighted by molar-refractivity contribution is -0.274. The van der Waals surface area contributed by atoms with Crippen molar-refractivity contribution in [2.75, 3.05) is 13.1 Å². The maximum atomic E-state index is 12.2. The first kappa shape index (κ1) is 21.0. The lowest BCUT2D eigenvalue weighted by atomic mass is 9.91. The molecule has 0 spiro atoms. The predicted molar refractivity (Wildman–Crippen MR) is 96.6 cm³/mol. The monoisotopic (exact) mass is 427 g/mol. The molecule has 0 unspecified atom stereocenters. The fraction of sp³-hybridized carbons (Fsp3) is 0.294. The van der Waals surface area contributed by atoms with E-state index in [1.54, 1.807) is 12.1 Å². The Kier molecular flexibility index (Phi) is 6.91. The Hall–Kier alpha value is -1.34. The van der Waals surface area contributed by atoms with Crippen LogP contribution >= 0.6 is 35.6 Å². The topological polar surface area (TPSA) is 30.5 Å². The molecule has 1 saturated heterocycles. The van der Waals surface area contributed by atoms with Crippen molar-refractivity contribution >= 4 is 35.6 Å². The first-order valence-electron chi connectivity index (χ1n) is 7.50. The van der Waals surface area contributed by atoms with Crippen LogP contribution < -0.4 is 14.8 Å². The van der Waals surface area contributed by atoms with E-state index in [2.05, 4.69) is 10.1 Å². The van der Waals surface area contributed by atoms with E-state index >= 15 is 0 Å². The van der Waals surface area contributed by atoms with E-state index in [0.717, 1.165) is 18.7 Å². The lowest BCUT2D eigenvalue weighted by Crippen LogP contribution is -2.46. The molecule has 0 bridgehead atoms. The third-order valence-corrected chi connectivity index (χ3v) is 4.57. The molecule has 0 radical (unpaired) electrons. The Bertz CT molecular complexity index is 737. The Morgan fingerprint density at radius 1 is 0.962 bits per heavy atom. The summed E-state index contributed by atoms with van der Waals surface area (Å²) in [6.45, 7) is 1.56. The van der Waals surface area contributed by atoms with Crippen molar-refractivity contribution in [2.45, 2.75) is 12.5 Å². The van der Waals surface area contributed by atoms with Gasteiger partial charge in [0.25, 0.3) is 0 Å². The Labute approximate surface area is 164 Å². The number of ether oxygens (including phenoxy) is 2. The maximum Gasteiger partial charge on any atom is 0.573 e. The summed E-state index contributed by atoms with van der Waals surface area (Å²) in [4.78, 5) is 0. The Morgan fingerprint density at radius 2 is 1.58 bits per heavy atom. The van der Waals surface area contributed by atoms with Crippen LogP contribution in [0.3, 0.4) is 0 Å². The molecule has 26 heavy (non-hydrogen) atoms. The summed E-state index contributed by atoms with van der Waals surface area (Å²) >= 11 is 12.0. The molecule has 142 valence electrons. The number of hydrogen-bond donors (Lipinski definition) is 1. The minimum absolute atomic E-state index is 0. The summed E-state index contributed by atoms with van der Waals surface area (Å²) in [5, 5.41) is 4.05. The van der Waals surface area contributed by atoms with Crippen molar-refractivity contribution < 1.29 is 22.6 Å². The summed E-state index contributed by atoms with van der Waals surface area (Å²) in [7, 11) is 0. The summed E-state index contributed by atoms with van der Waals surface area (Å²) < 4.78 is 46.5. The number of nitrogens with one attached hydrogen (secondary N) is 1. The van der Waals surface area contributed by atoms with E-state index in [4.69, 9.17) is 27.9 Å². The minimum Gasteiger partial charge on any atom is -0.485 e. The third-order valence-electron chi connectivity index (χ3n) is 3.83. The molecule has 3 rings (SSSR count). The van der Waals surface area contributed by atoms with Gasteiger partial charge in [0, 0.05) is 19.0 Å². The van der Waals surface area contributed by atoms with E-state index < -0.39 is 6.36 Å². The van der Waals surface area contributed by atoms with Crippen molar-refractivity contribution in [2.24, 2.45) is 5.92 Å². The standard InChI is InChI=1S/C17H14Cl2F3NO2.ClH/c18-14-6-1-10(7-15(14)19)16(11-8-23-9-11)24-12-2-4-13(5-3-12)25-17(20,21)22;/h1-7,11,16,23H,8-9H2;1H/t16-;/m1./s1. The molecule has 1 atom stereocenters. The SMILES string of the molecule is Cl.FC(F)(F)Oc1ccc(O[C@H](c2ccc(Cl)c(Cl)c2)C2CNC2)cc1. The van der Waals surface area contributed by atoms with Crippen LogP contribution in [0.4, 0.5) is 13.2 Å². The number of alkyl halides is 3. The molecule has 1 heterocycles. The van der Waals surface area contributed by atoms with Crippen molar-refractivity contribution in [3.63, 3.8) is 0 Å². The van der Waals surface area contributed by atoms with Crippen molar-refractivity contribution in [3.05, 3.63) is 58.1 Å².